The molecule has 3 aromatic carbocycles. The van der Waals surface area contributed by atoms with E-state index in [1.54, 1.807) is 30.0 Å². The Morgan fingerprint density at radius 3 is 2.50 bits per heavy atom. The molecular weight excluding hydrogens is 431 g/mol. The normalized spacial score (nSPS) is 10.8. The molecule has 4 rings (SSSR count). The lowest BCUT2D eigenvalue weighted by molar-refractivity contribution is 0.0954. The van der Waals surface area contributed by atoms with Crippen molar-refractivity contribution in [2.75, 3.05) is 13.7 Å². The molecule has 0 aliphatic rings. The molecule has 0 bridgehead atoms. The Bertz CT molecular complexity index is 1250. The molecule has 1 amide bonds. The Labute approximate surface area is 198 Å². The van der Waals surface area contributed by atoms with Crippen LogP contribution >= 0.6 is 0 Å². The lowest BCUT2D eigenvalue weighted by atomic mass is 10.1. The third-order valence-corrected chi connectivity index (χ3v) is 5.44. The topological polar surface area (TPSA) is 69.0 Å². The van der Waals surface area contributed by atoms with Crippen LogP contribution in [0.2, 0.25) is 0 Å². The van der Waals surface area contributed by atoms with Crippen LogP contribution in [-0.2, 0) is 12.8 Å². The molecule has 0 spiro atoms. The molecule has 1 heterocycles. The molecule has 1 aromatic heterocycles. The highest BCUT2D eigenvalue weighted by Gasteiger charge is 2.15. The van der Waals surface area contributed by atoms with E-state index in [1.807, 2.05) is 42.5 Å². The Balaban J connectivity index is 1.55. The molecule has 0 unspecified atom stereocenters. The molecular formula is C27H27FN4O2. The van der Waals surface area contributed by atoms with E-state index >= 15 is 0 Å². The van der Waals surface area contributed by atoms with E-state index in [0.717, 1.165) is 41.2 Å². The first-order valence-electron chi connectivity index (χ1n) is 11.3. The van der Waals surface area contributed by atoms with Crippen molar-refractivity contribution >= 4 is 5.91 Å². The molecule has 7 heteroatoms. The number of benzene rings is 3. The summed E-state index contributed by atoms with van der Waals surface area (Å²) in [5.74, 6) is 1.78. The third-order valence-electron chi connectivity index (χ3n) is 5.44. The van der Waals surface area contributed by atoms with E-state index in [-0.39, 0.29) is 11.7 Å². The zero-order valence-corrected chi connectivity index (χ0v) is 19.3. The molecule has 0 atom stereocenters. The zero-order valence-electron chi connectivity index (χ0n) is 19.3. The van der Waals surface area contributed by atoms with Crippen LogP contribution in [0.5, 0.6) is 5.75 Å². The van der Waals surface area contributed by atoms with Crippen LogP contribution in [0.25, 0.3) is 17.1 Å². The second-order valence-corrected chi connectivity index (χ2v) is 7.92. The van der Waals surface area contributed by atoms with Crippen molar-refractivity contribution in [1.82, 2.24) is 20.1 Å². The van der Waals surface area contributed by atoms with E-state index in [2.05, 4.69) is 12.2 Å². The predicted octanol–water partition coefficient (Wildman–Crippen LogP) is 5.01. The molecule has 6 nitrogen and oxygen atoms in total. The van der Waals surface area contributed by atoms with Crippen molar-refractivity contribution in [1.29, 1.82) is 0 Å². The largest absolute Gasteiger partial charge is 0.497 e. The van der Waals surface area contributed by atoms with Gasteiger partial charge in [0.25, 0.3) is 5.91 Å². The summed E-state index contributed by atoms with van der Waals surface area (Å²) in [6, 6.07) is 21.3. The number of hydrogen-bond acceptors (Lipinski definition) is 4. The van der Waals surface area contributed by atoms with E-state index in [4.69, 9.17) is 14.8 Å². The summed E-state index contributed by atoms with van der Waals surface area (Å²) in [6.45, 7) is 2.54. The molecule has 0 aliphatic carbocycles. The molecule has 0 aliphatic heterocycles. The van der Waals surface area contributed by atoms with Crippen molar-refractivity contribution in [3.05, 3.63) is 95.6 Å². The maximum Gasteiger partial charge on any atom is 0.251 e. The Kier molecular flexibility index (Phi) is 7.32. The van der Waals surface area contributed by atoms with Gasteiger partial charge < -0.3 is 10.1 Å². The molecule has 34 heavy (non-hydrogen) atoms. The van der Waals surface area contributed by atoms with E-state index in [0.29, 0.717) is 24.4 Å². The number of nitrogens with zero attached hydrogens (tertiary/aromatic N) is 3. The van der Waals surface area contributed by atoms with Crippen LogP contribution in [0.3, 0.4) is 0 Å². The van der Waals surface area contributed by atoms with Gasteiger partial charge in [-0.3, -0.25) is 4.79 Å². The number of carbonyl (C=O) groups excluding carboxylic acids is 1. The predicted molar refractivity (Wildman–Crippen MR) is 130 cm³/mol. The number of methoxy groups -OCH3 is 1. The number of amides is 1. The lowest BCUT2D eigenvalue weighted by Crippen LogP contribution is -2.25. The number of ether oxygens (including phenoxy) is 1. The van der Waals surface area contributed by atoms with E-state index in [1.165, 1.54) is 12.1 Å². The van der Waals surface area contributed by atoms with Crippen molar-refractivity contribution in [2.24, 2.45) is 0 Å². The summed E-state index contributed by atoms with van der Waals surface area (Å²) in [6.07, 6.45) is 2.32. The summed E-state index contributed by atoms with van der Waals surface area (Å²) >= 11 is 0. The van der Waals surface area contributed by atoms with Crippen molar-refractivity contribution in [2.45, 2.75) is 26.2 Å². The number of carbonyl (C=O) groups is 1. The third kappa shape index (κ3) is 5.49. The minimum atomic E-state index is -0.270. The molecule has 4 aromatic rings. The molecule has 0 radical (unpaired) electrons. The fourth-order valence-electron chi connectivity index (χ4n) is 3.64. The van der Waals surface area contributed by atoms with Crippen LogP contribution in [0.1, 0.15) is 35.1 Å². The van der Waals surface area contributed by atoms with Crippen LogP contribution in [0.4, 0.5) is 4.39 Å². The van der Waals surface area contributed by atoms with Crippen molar-refractivity contribution in [3.8, 4) is 22.8 Å². The summed E-state index contributed by atoms with van der Waals surface area (Å²) < 4.78 is 20.1. The van der Waals surface area contributed by atoms with Gasteiger partial charge in [0.2, 0.25) is 0 Å². The van der Waals surface area contributed by atoms with Gasteiger partial charge in [-0.1, -0.05) is 25.1 Å². The van der Waals surface area contributed by atoms with Gasteiger partial charge in [0.05, 0.1) is 12.8 Å². The smallest absolute Gasteiger partial charge is 0.251 e. The molecule has 0 saturated heterocycles. The molecule has 1 N–H and O–H groups in total. The van der Waals surface area contributed by atoms with Crippen molar-refractivity contribution < 1.29 is 13.9 Å². The fraction of sp³-hybridized carbons (Fsp3) is 0.222. The molecule has 174 valence electrons. The van der Waals surface area contributed by atoms with E-state index < -0.39 is 0 Å². The lowest BCUT2D eigenvalue weighted by Gasteiger charge is -2.10. The first-order chi connectivity index (χ1) is 16.6. The Morgan fingerprint density at radius 2 is 1.79 bits per heavy atom. The van der Waals surface area contributed by atoms with Gasteiger partial charge in [-0.05, 0) is 73.0 Å². The second-order valence-electron chi connectivity index (χ2n) is 7.92. The van der Waals surface area contributed by atoms with Crippen LogP contribution in [0.15, 0.2) is 72.8 Å². The quantitative estimate of drug-likeness (QED) is 0.383. The number of nitrogens with one attached hydrogen (secondary N) is 1. The highest BCUT2D eigenvalue weighted by molar-refractivity contribution is 5.94. The maximum atomic E-state index is 13.1. The van der Waals surface area contributed by atoms with Gasteiger partial charge in [-0.15, -0.1) is 0 Å². The number of halogens is 1. The Morgan fingerprint density at radius 1 is 1.03 bits per heavy atom. The summed E-state index contributed by atoms with van der Waals surface area (Å²) in [5, 5.41) is 7.64. The van der Waals surface area contributed by atoms with Gasteiger partial charge in [-0.2, -0.15) is 5.10 Å². The summed E-state index contributed by atoms with van der Waals surface area (Å²) in [5.41, 5.74) is 3.16. The average molecular weight is 459 g/mol. The number of aromatic nitrogens is 3. The number of rotatable bonds is 9. The minimum Gasteiger partial charge on any atom is -0.497 e. The standard InChI is InChI=1S/C27H27FN4O2/c1-3-5-25-30-26(20-10-14-24(34-2)15-11-20)32(31-25)23-7-4-6-21(18-23)27(33)29-17-16-19-8-12-22(28)13-9-19/h4,6-15,18H,3,5,16-17H2,1-2H3,(H,29,33). The van der Waals surface area contributed by atoms with Crippen molar-refractivity contribution in [3.63, 3.8) is 0 Å². The monoisotopic (exact) mass is 458 g/mol. The summed E-state index contributed by atoms with van der Waals surface area (Å²) in [7, 11) is 1.63. The highest BCUT2D eigenvalue weighted by atomic mass is 19.1. The van der Waals surface area contributed by atoms with Gasteiger partial charge in [0, 0.05) is 24.1 Å². The van der Waals surface area contributed by atoms with Gasteiger partial charge in [-0.25, -0.2) is 14.1 Å². The number of hydrogen-bond donors (Lipinski definition) is 1. The summed E-state index contributed by atoms with van der Waals surface area (Å²) in [4.78, 5) is 17.5. The first kappa shape index (κ1) is 23.2. The number of aryl methyl sites for hydroxylation is 1. The van der Waals surface area contributed by atoms with Crippen LogP contribution < -0.4 is 10.1 Å². The molecule has 0 saturated carbocycles. The fourth-order valence-corrected chi connectivity index (χ4v) is 3.64. The van der Waals surface area contributed by atoms with Gasteiger partial charge in [0.1, 0.15) is 11.6 Å². The van der Waals surface area contributed by atoms with Gasteiger partial charge >= 0.3 is 0 Å². The molecule has 0 fully saturated rings. The maximum absolute atomic E-state index is 13.1. The van der Waals surface area contributed by atoms with Crippen LogP contribution in [-0.4, -0.2) is 34.3 Å². The average Bonchev–Trinajstić information content (AvgIpc) is 3.29. The van der Waals surface area contributed by atoms with Gasteiger partial charge in [0.15, 0.2) is 11.6 Å². The zero-order chi connectivity index (χ0) is 23.9. The van der Waals surface area contributed by atoms with E-state index in [9.17, 15) is 9.18 Å². The minimum absolute atomic E-state index is 0.177. The first-order valence-corrected chi connectivity index (χ1v) is 11.3. The van der Waals surface area contributed by atoms with Crippen LogP contribution in [0, 0.1) is 5.82 Å². The highest BCUT2D eigenvalue weighted by Crippen LogP contribution is 2.24. The Hall–Kier alpha value is -4.00. The second kappa shape index (κ2) is 10.7. The SMILES string of the molecule is CCCc1nc(-c2ccc(OC)cc2)n(-c2cccc(C(=O)NCCc3ccc(F)cc3)c2)n1.